The monoisotopic (exact) mass is 326 g/mol. The molecule has 3 heteroatoms. The van der Waals surface area contributed by atoms with Crippen molar-refractivity contribution in [1.82, 2.24) is 4.90 Å². The molecule has 2 heterocycles. The third kappa shape index (κ3) is 3.85. The van der Waals surface area contributed by atoms with Gasteiger partial charge < -0.3 is 5.73 Å². The minimum atomic E-state index is 0.505. The van der Waals surface area contributed by atoms with Gasteiger partial charge in [-0.15, -0.1) is 11.3 Å². The minimum Gasteiger partial charge on any atom is -0.402 e. The Morgan fingerprint density at radius 1 is 1.22 bits per heavy atom. The Hall–Kier alpha value is -1.58. The number of rotatable bonds is 5. The van der Waals surface area contributed by atoms with Crippen LogP contribution in [0.25, 0.3) is 10.4 Å². The second kappa shape index (κ2) is 7.33. The third-order valence-corrected chi connectivity index (χ3v) is 6.06. The van der Waals surface area contributed by atoms with E-state index in [4.69, 9.17) is 5.73 Å². The topological polar surface area (TPSA) is 29.3 Å². The molecular formula is C20H26N2S. The van der Waals surface area contributed by atoms with Crippen molar-refractivity contribution in [2.75, 3.05) is 13.1 Å². The van der Waals surface area contributed by atoms with Crippen LogP contribution in [0.4, 0.5) is 0 Å². The van der Waals surface area contributed by atoms with Gasteiger partial charge in [-0.25, -0.2) is 0 Å². The van der Waals surface area contributed by atoms with Crippen LogP contribution < -0.4 is 5.73 Å². The Morgan fingerprint density at radius 2 is 1.96 bits per heavy atom. The zero-order chi connectivity index (χ0) is 16.2. The summed E-state index contributed by atoms with van der Waals surface area (Å²) >= 11 is 1.92. The van der Waals surface area contributed by atoms with Gasteiger partial charge in [-0.3, -0.25) is 4.90 Å². The summed E-state index contributed by atoms with van der Waals surface area (Å²) in [5, 5.41) is 0. The number of hydrogen-bond donors (Lipinski definition) is 1. The average Bonchev–Trinajstić information content (AvgIpc) is 3.05. The zero-order valence-electron chi connectivity index (χ0n) is 13.9. The zero-order valence-corrected chi connectivity index (χ0v) is 14.7. The molecule has 1 saturated heterocycles. The van der Waals surface area contributed by atoms with Crippen molar-refractivity contribution in [1.29, 1.82) is 0 Å². The quantitative estimate of drug-likeness (QED) is 0.865. The first kappa shape index (κ1) is 16.3. The number of benzene rings is 1. The maximum Gasteiger partial charge on any atom is 0.0348 e. The third-order valence-electron chi connectivity index (χ3n) is 4.80. The van der Waals surface area contributed by atoms with Crippen LogP contribution >= 0.6 is 11.3 Å². The summed E-state index contributed by atoms with van der Waals surface area (Å²) in [6.07, 6.45) is 3.39. The van der Waals surface area contributed by atoms with Crippen LogP contribution in [-0.2, 0) is 13.0 Å². The van der Waals surface area contributed by atoms with Crippen molar-refractivity contribution in [3.63, 3.8) is 0 Å². The maximum absolute atomic E-state index is 5.87. The van der Waals surface area contributed by atoms with Crippen molar-refractivity contribution >= 4 is 11.3 Å². The van der Waals surface area contributed by atoms with Crippen molar-refractivity contribution in [3.05, 3.63) is 59.1 Å². The Balaban J connectivity index is 1.73. The molecule has 122 valence electrons. The lowest BCUT2D eigenvalue weighted by molar-refractivity contribution is 0.191. The molecule has 1 fully saturated rings. The van der Waals surface area contributed by atoms with Crippen LogP contribution in [0.3, 0.4) is 0 Å². The summed E-state index contributed by atoms with van der Waals surface area (Å²) in [6, 6.07) is 13.4. The number of nitrogens with two attached hydrogens (primary N) is 1. The fourth-order valence-electron chi connectivity index (χ4n) is 3.31. The minimum absolute atomic E-state index is 0.505. The van der Waals surface area contributed by atoms with Crippen LogP contribution in [0, 0.1) is 5.92 Å². The molecule has 0 unspecified atom stereocenters. The van der Waals surface area contributed by atoms with Crippen LogP contribution in [0.5, 0.6) is 0 Å². The van der Waals surface area contributed by atoms with E-state index in [1.165, 1.54) is 20.9 Å². The highest BCUT2D eigenvalue weighted by molar-refractivity contribution is 7.15. The highest BCUT2D eigenvalue weighted by atomic mass is 32.1. The Morgan fingerprint density at radius 3 is 2.61 bits per heavy atom. The highest BCUT2D eigenvalue weighted by Crippen LogP contribution is 2.32. The van der Waals surface area contributed by atoms with Crippen LogP contribution in [-0.4, -0.2) is 18.0 Å². The van der Waals surface area contributed by atoms with Crippen LogP contribution in [0.15, 0.2) is 48.7 Å². The Labute approximate surface area is 143 Å². The van der Waals surface area contributed by atoms with Gasteiger partial charge in [0, 0.05) is 27.9 Å². The Bertz CT molecular complexity index is 666. The lowest BCUT2D eigenvalue weighted by Crippen LogP contribution is -2.34. The number of nitrogens with zero attached hydrogens (tertiary/aromatic N) is 1. The van der Waals surface area contributed by atoms with E-state index in [1.807, 2.05) is 11.3 Å². The number of thiophene rings is 1. The number of piperidine rings is 1. The molecule has 0 aliphatic carbocycles. The number of hydrogen-bond acceptors (Lipinski definition) is 3. The normalized spacial score (nSPS) is 16.6. The van der Waals surface area contributed by atoms with Gasteiger partial charge in [0.2, 0.25) is 0 Å². The van der Waals surface area contributed by atoms with Gasteiger partial charge in [0.05, 0.1) is 0 Å². The molecule has 1 aromatic carbocycles. The molecule has 0 amide bonds. The van der Waals surface area contributed by atoms with Crippen molar-refractivity contribution < 1.29 is 0 Å². The lowest BCUT2D eigenvalue weighted by Gasteiger charge is -2.32. The van der Waals surface area contributed by atoms with E-state index >= 15 is 0 Å². The fraction of sp³-hybridized carbons (Fsp3) is 0.400. The van der Waals surface area contributed by atoms with Gasteiger partial charge in [-0.05, 0) is 55.6 Å². The molecule has 2 N–H and O–H groups in total. The van der Waals surface area contributed by atoms with E-state index in [-0.39, 0.29) is 0 Å². The smallest absolute Gasteiger partial charge is 0.0348 e. The molecule has 0 saturated carbocycles. The number of likely N-dealkylation sites (tertiary alicyclic amines) is 1. The summed E-state index contributed by atoms with van der Waals surface area (Å²) < 4.78 is 0. The summed E-state index contributed by atoms with van der Waals surface area (Å²) in [4.78, 5) is 5.40. The van der Waals surface area contributed by atoms with Crippen molar-refractivity contribution in [3.8, 4) is 10.4 Å². The maximum atomic E-state index is 5.87. The first-order chi connectivity index (χ1) is 11.2. The summed E-state index contributed by atoms with van der Waals surface area (Å²) in [5.41, 5.74) is 9.55. The molecule has 0 radical (unpaired) electrons. The first-order valence-corrected chi connectivity index (χ1v) is 9.32. The van der Waals surface area contributed by atoms with Gasteiger partial charge in [0.15, 0.2) is 0 Å². The average molecular weight is 327 g/mol. The lowest BCUT2D eigenvalue weighted by atomic mass is 9.94. The summed E-state index contributed by atoms with van der Waals surface area (Å²) in [7, 11) is 0. The van der Waals surface area contributed by atoms with E-state index in [2.05, 4.69) is 54.8 Å². The molecule has 23 heavy (non-hydrogen) atoms. The highest BCUT2D eigenvalue weighted by Gasteiger charge is 2.21. The number of aryl methyl sites for hydroxylation is 1. The summed E-state index contributed by atoms with van der Waals surface area (Å²) in [5.74, 6) is 0.505. The molecule has 1 aliphatic rings. The Kier molecular flexibility index (Phi) is 5.19. The molecule has 0 atom stereocenters. The largest absolute Gasteiger partial charge is 0.402 e. The molecule has 0 bridgehead atoms. The molecule has 1 aromatic heterocycles. The van der Waals surface area contributed by atoms with Crippen molar-refractivity contribution in [2.24, 2.45) is 11.7 Å². The predicted octanol–water partition coefficient (Wildman–Crippen LogP) is 4.66. The molecule has 3 rings (SSSR count). The van der Waals surface area contributed by atoms with Crippen LogP contribution in [0.2, 0.25) is 0 Å². The standard InChI is InChI=1S/C20H26N2S/c1-3-18-8-9-20(23-18)19-7-5-4-6-17(19)14-22-12-10-16(11-13-22)15(2)21/h4-9,16H,2-3,10-14,21H2,1H3. The van der Waals surface area contributed by atoms with E-state index < -0.39 is 0 Å². The SMILES string of the molecule is C=C(N)C1CCN(Cc2ccccc2-c2ccc(CC)s2)CC1. The van der Waals surface area contributed by atoms with Gasteiger partial charge in [0.25, 0.3) is 0 Å². The first-order valence-electron chi connectivity index (χ1n) is 8.51. The molecule has 1 aliphatic heterocycles. The van der Waals surface area contributed by atoms with Gasteiger partial charge in [-0.1, -0.05) is 37.8 Å². The van der Waals surface area contributed by atoms with Crippen molar-refractivity contribution in [2.45, 2.75) is 32.7 Å². The van der Waals surface area contributed by atoms with Gasteiger partial charge in [0.1, 0.15) is 0 Å². The van der Waals surface area contributed by atoms with Crippen LogP contribution in [0.1, 0.15) is 30.2 Å². The summed E-state index contributed by atoms with van der Waals surface area (Å²) in [6.45, 7) is 9.38. The van der Waals surface area contributed by atoms with E-state index in [0.717, 1.165) is 44.6 Å². The second-order valence-electron chi connectivity index (χ2n) is 6.40. The number of allylic oxidation sites excluding steroid dienone is 1. The van der Waals surface area contributed by atoms with Gasteiger partial charge in [-0.2, -0.15) is 0 Å². The second-order valence-corrected chi connectivity index (χ2v) is 7.57. The fourth-order valence-corrected chi connectivity index (χ4v) is 4.32. The predicted molar refractivity (Wildman–Crippen MR) is 100 cm³/mol. The van der Waals surface area contributed by atoms with E-state index in [1.54, 1.807) is 0 Å². The van der Waals surface area contributed by atoms with E-state index in [9.17, 15) is 0 Å². The van der Waals surface area contributed by atoms with Gasteiger partial charge >= 0.3 is 0 Å². The molecule has 2 aromatic rings. The molecule has 0 spiro atoms. The molecule has 2 nitrogen and oxygen atoms in total. The van der Waals surface area contributed by atoms with E-state index in [0.29, 0.717) is 5.92 Å². The molecular weight excluding hydrogens is 300 g/mol.